The molecule has 1 fully saturated rings. The minimum atomic E-state index is -0.916. The van der Waals surface area contributed by atoms with Gasteiger partial charge in [0.15, 0.2) is 0 Å². The van der Waals surface area contributed by atoms with Gasteiger partial charge in [-0.1, -0.05) is 42.5 Å². The largest absolute Gasteiger partial charge is 0.480 e. The molecule has 50 heavy (non-hydrogen) atoms. The average molecular weight is 697 g/mol. The van der Waals surface area contributed by atoms with Gasteiger partial charge in [-0.2, -0.15) is 0 Å². The van der Waals surface area contributed by atoms with Crippen LogP contribution < -0.4 is 21.7 Å². The van der Waals surface area contributed by atoms with Crippen molar-refractivity contribution < 1.29 is 34.2 Å². The highest BCUT2D eigenvalue weighted by atomic mass is 16.4. The van der Waals surface area contributed by atoms with Crippen molar-refractivity contribution in [1.29, 1.82) is 0 Å². The zero-order valence-corrected chi connectivity index (χ0v) is 29.1. The molecule has 0 aliphatic carbocycles. The molecule has 15 nitrogen and oxygen atoms in total. The van der Waals surface area contributed by atoms with Crippen LogP contribution in [0.5, 0.6) is 0 Å². The van der Waals surface area contributed by atoms with Crippen molar-refractivity contribution in [2.45, 2.75) is 31.3 Å². The summed E-state index contributed by atoms with van der Waals surface area (Å²) in [5.74, 6) is -2.73. The van der Waals surface area contributed by atoms with Crippen LogP contribution in [-0.4, -0.2) is 152 Å². The number of rotatable bonds is 18. The molecule has 2 unspecified atom stereocenters. The summed E-state index contributed by atoms with van der Waals surface area (Å²) in [7, 11) is 3.95. The van der Waals surface area contributed by atoms with Gasteiger partial charge in [0.2, 0.25) is 17.7 Å². The number of hydrogen-bond acceptors (Lipinski definition) is 10. The lowest BCUT2D eigenvalue weighted by Crippen LogP contribution is -2.44. The van der Waals surface area contributed by atoms with E-state index in [0.717, 1.165) is 11.1 Å². The lowest BCUT2D eigenvalue weighted by atomic mass is 10.0. The number of aliphatic carboxylic acids is 2. The van der Waals surface area contributed by atoms with Crippen molar-refractivity contribution >= 4 is 35.3 Å². The fraction of sp³-hybridized carbons (Fsp3) is 0.514. The van der Waals surface area contributed by atoms with Crippen LogP contribution in [0.4, 0.5) is 5.69 Å². The topological polar surface area (TPSA) is 201 Å². The number of nitrogens with two attached hydrogens (primary N) is 1. The molecular formula is C35H52N8O7. The Balaban J connectivity index is 1.44. The minimum Gasteiger partial charge on any atom is -0.480 e. The Kier molecular flexibility index (Phi) is 16.8. The normalized spacial score (nSPS) is 16.0. The van der Waals surface area contributed by atoms with E-state index in [-0.39, 0.29) is 62.8 Å². The first-order valence-electron chi connectivity index (χ1n) is 16.9. The smallest absolute Gasteiger partial charge is 0.317 e. The molecule has 0 spiro atoms. The van der Waals surface area contributed by atoms with Crippen molar-refractivity contribution in [2.75, 3.05) is 91.4 Å². The van der Waals surface area contributed by atoms with Gasteiger partial charge >= 0.3 is 11.9 Å². The molecule has 2 aromatic rings. The summed E-state index contributed by atoms with van der Waals surface area (Å²) in [6.45, 7) is 4.22. The number of carbonyl (C=O) groups excluding carboxylic acids is 3. The van der Waals surface area contributed by atoms with Crippen molar-refractivity contribution in [3.05, 3.63) is 65.7 Å². The second-order valence-electron chi connectivity index (χ2n) is 12.7. The van der Waals surface area contributed by atoms with Gasteiger partial charge in [-0.25, -0.2) is 0 Å². The van der Waals surface area contributed by atoms with E-state index in [9.17, 15) is 34.2 Å². The van der Waals surface area contributed by atoms with E-state index in [1.54, 1.807) is 0 Å². The van der Waals surface area contributed by atoms with Crippen LogP contribution in [0.3, 0.4) is 0 Å². The van der Waals surface area contributed by atoms with E-state index < -0.39 is 18.0 Å². The van der Waals surface area contributed by atoms with E-state index >= 15 is 0 Å². The highest BCUT2D eigenvalue weighted by Gasteiger charge is 2.23. The lowest BCUT2D eigenvalue weighted by molar-refractivity contribution is -0.140. The molecule has 1 aliphatic heterocycles. The SMILES string of the molecule is CN(C)C(CN1CCN(CC(=O)O)CCN(CC(=O)O)CC1)c1ccc(NC(=O)CCC(=O)NCCNC(=O)C(N)Cc2ccccc2)cc1. The summed E-state index contributed by atoms with van der Waals surface area (Å²) in [6.07, 6.45) is 0.408. The van der Waals surface area contributed by atoms with E-state index in [4.69, 9.17) is 5.73 Å². The van der Waals surface area contributed by atoms with Gasteiger partial charge < -0.3 is 36.8 Å². The average Bonchev–Trinajstić information content (AvgIpc) is 3.15. The standard InChI is InChI=1S/C35H52N8O7/c1-40(2)30(23-41-16-18-42(24-33(46)47)20-21-43(19-17-41)25-34(48)49)27-8-10-28(11-9-27)39-32(45)13-12-31(44)37-14-15-38-35(50)29(36)22-26-6-4-3-5-7-26/h3-11,29-30H,12-25,36H2,1-2H3,(H,37,44)(H,38,50)(H,39,45)(H,46,47)(H,48,49). The monoisotopic (exact) mass is 696 g/mol. The molecule has 0 saturated carbocycles. The Bertz CT molecular complexity index is 1370. The van der Waals surface area contributed by atoms with E-state index in [1.807, 2.05) is 78.5 Å². The van der Waals surface area contributed by atoms with Gasteiger partial charge in [-0.15, -0.1) is 0 Å². The summed E-state index contributed by atoms with van der Waals surface area (Å²) >= 11 is 0. The number of nitrogens with one attached hydrogen (secondary N) is 3. The lowest BCUT2D eigenvalue weighted by Gasteiger charge is -2.33. The number of anilines is 1. The molecule has 1 aliphatic rings. The number of carbonyl (C=O) groups is 5. The number of hydrogen-bond donors (Lipinski definition) is 6. The quantitative estimate of drug-likeness (QED) is 0.113. The maximum atomic E-state index is 12.6. The molecule has 2 atom stereocenters. The molecule has 0 radical (unpaired) electrons. The molecule has 3 rings (SSSR count). The second kappa shape index (κ2) is 21.0. The molecule has 7 N–H and O–H groups in total. The summed E-state index contributed by atoms with van der Waals surface area (Å²) in [5, 5.41) is 26.9. The van der Waals surface area contributed by atoms with Gasteiger partial charge in [0.25, 0.3) is 0 Å². The van der Waals surface area contributed by atoms with Gasteiger partial charge in [-0.3, -0.25) is 38.7 Å². The van der Waals surface area contributed by atoms with Crippen molar-refractivity contribution in [2.24, 2.45) is 5.73 Å². The minimum absolute atomic E-state index is 0.00227. The third-order valence-electron chi connectivity index (χ3n) is 8.51. The number of amides is 3. The van der Waals surface area contributed by atoms with Gasteiger partial charge in [0, 0.05) is 83.5 Å². The third-order valence-corrected chi connectivity index (χ3v) is 8.51. The van der Waals surface area contributed by atoms with Crippen LogP contribution in [0.2, 0.25) is 0 Å². The first-order chi connectivity index (χ1) is 23.9. The maximum Gasteiger partial charge on any atom is 0.317 e. The molecule has 1 heterocycles. The van der Waals surface area contributed by atoms with Crippen LogP contribution in [-0.2, 0) is 30.4 Å². The first-order valence-corrected chi connectivity index (χ1v) is 16.9. The highest BCUT2D eigenvalue weighted by molar-refractivity contribution is 5.93. The summed E-state index contributed by atoms with van der Waals surface area (Å²) in [6, 6.07) is 16.3. The molecule has 0 bridgehead atoms. The third kappa shape index (κ3) is 15.0. The Labute approximate surface area is 293 Å². The second-order valence-corrected chi connectivity index (χ2v) is 12.7. The molecule has 274 valence electrons. The first kappa shape index (κ1) is 40.0. The molecule has 15 heteroatoms. The van der Waals surface area contributed by atoms with E-state index in [1.165, 1.54) is 0 Å². The van der Waals surface area contributed by atoms with Gasteiger partial charge in [0.05, 0.1) is 19.1 Å². The molecule has 1 saturated heterocycles. The number of likely N-dealkylation sites (N-methyl/N-ethyl adjacent to an activating group) is 1. The van der Waals surface area contributed by atoms with Crippen LogP contribution in [0.15, 0.2) is 54.6 Å². The van der Waals surface area contributed by atoms with Crippen LogP contribution in [0.25, 0.3) is 0 Å². The number of carboxylic acid groups (broad SMARTS) is 2. The van der Waals surface area contributed by atoms with Gasteiger partial charge in [-0.05, 0) is 43.8 Å². The molecule has 0 aromatic heterocycles. The Hall–Kier alpha value is -4.41. The summed E-state index contributed by atoms with van der Waals surface area (Å²) in [5.41, 5.74) is 8.56. The van der Waals surface area contributed by atoms with Crippen LogP contribution in [0, 0.1) is 0 Å². The van der Waals surface area contributed by atoms with E-state index in [0.29, 0.717) is 57.9 Å². The summed E-state index contributed by atoms with van der Waals surface area (Å²) in [4.78, 5) is 67.9. The zero-order chi connectivity index (χ0) is 36.5. The van der Waals surface area contributed by atoms with Crippen LogP contribution in [0.1, 0.15) is 30.0 Å². The fourth-order valence-electron chi connectivity index (χ4n) is 5.68. The van der Waals surface area contributed by atoms with Crippen molar-refractivity contribution in [3.63, 3.8) is 0 Å². The summed E-state index contributed by atoms with van der Waals surface area (Å²) < 4.78 is 0. The van der Waals surface area contributed by atoms with Gasteiger partial charge in [0.1, 0.15) is 0 Å². The Morgan fingerprint density at radius 2 is 1.26 bits per heavy atom. The number of carboxylic acids is 2. The fourth-order valence-corrected chi connectivity index (χ4v) is 5.68. The molecular weight excluding hydrogens is 644 g/mol. The highest BCUT2D eigenvalue weighted by Crippen LogP contribution is 2.22. The predicted molar refractivity (Wildman–Crippen MR) is 189 cm³/mol. The predicted octanol–water partition coefficient (Wildman–Crippen LogP) is -0.101. The Morgan fingerprint density at radius 3 is 1.80 bits per heavy atom. The van der Waals surface area contributed by atoms with Crippen molar-refractivity contribution in [1.82, 2.24) is 30.2 Å². The molecule has 3 amide bonds. The number of benzene rings is 2. The molecule has 2 aromatic carbocycles. The van der Waals surface area contributed by atoms with Crippen molar-refractivity contribution in [3.8, 4) is 0 Å². The Morgan fingerprint density at radius 1 is 0.740 bits per heavy atom. The van der Waals surface area contributed by atoms with Crippen LogP contribution >= 0.6 is 0 Å². The van der Waals surface area contributed by atoms with E-state index in [2.05, 4.69) is 25.8 Å². The zero-order valence-electron chi connectivity index (χ0n) is 29.1. The maximum absolute atomic E-state index is 12.6. The number of nitrogens with zero attached hydrogens (tertiary/aromatic N) is 4.